The molecule has 3 heterocycles. The number of para-hydroxylation sites is 5. The van der Waals surface area contributed by atoms with E-state index >= 15 is 0 Å². The summed E-state index contributed by atoms with van der Waals surface area (Å²) in [7, 11) is 0. The van der Waals surface area contributed by atoms with Crippen LogP contribution in [0.1, 0.15) is 11.1 Å². The molecule has 0 bridgehead atoms. The Morgan fingerprint density at radius 2 is 0.891 bits per heavy atom. The molecular weight excluding hydrogens is 671 g/mol. The van der Waals surface area contributed by atoms with E-state index in [4.69, 9.17) is 0 Å². The van der Waals surface area contributed by atoms with Crippen LogP contribution in [0.5, 0.6) is 0 Å². The molecule has 0 fully saturated rings. The number of benzene rings is 8. The van der Waals surface area contributed by atoms with Crippen LogP contribution in [0.15, 0.2) is 176 Å². The third-order valence-corrected chi connectivity index (χ3v) is 11.1. The molecule has 5 heteroatoms. The van der Waals surface area contributed by atoms with Gasteiger partial charge in [-0.3, -0.25) is 0 Å². The van der Waals surface area contributed by atoms with Crippen molar-refractivity contribution in [2.75, 3.05) is 0 Å². The van der Waals surface area contributed by atoms with Crippen molar-refractivity contribution in [3.05, 3.63) is 187 Å². The molecule has 0 atom stereocenters. The number of rotatable bonds is 4. The molecule has 0 aliphatic rings. The highest BCUT2D eigenvalue weighted by molar-refractivity contribution is 6.15. The molecule has 11 rings (SSSR count). The van der Waals surface area contributed by atoms with E-state index in [2.05, 4.69) is 159 Å². The van der Waals surface area contributed by atoms with Crippen molar-refractivity contribution in [3.63, 3.8) is 0 Å². The average Bonchev–Trinajstić information content (AvgIpc) is 3.89. The standard InChI is InChI=1S/C50H29N5/c51-30-32-20-27-41-39-12-1-5-15-44(39)53(49(41)28-32)36-26-23-34(31-52)43(29-36)33-21-24-35(25-22-33)54-45-16-6-4-13-40(45)42-14-9-19-48(50(42)54)55-46-17-7-2-10-37(46)38-11-3-8-18-47(38)55/h1-29H. The first kappa shape index (κ1) is 30.7. The van der Waals surface area contributed by atoms with E-state index in [9.17, 15) is 10.5 Å². The molecule has 3 aromatic heterocycles. The highest BCUT2D eigenvalue weighted by Crippen LogP contribution is 2.40. The Morgan fingerprint density at radius 1 is 0.364 bits per heavy atom. The van der Waals surface area contributed by atoms with Gasteiger partial charge in [-0.15, -0.1) is 0 Å². The summed E-state index contributed by atoms with van der Waals surface area (Å²) in [6.07, 6.45) is 0. The molecule has 0 amide bonds. The Balaban J connectivity index is 1.11. The maximum atomic E-state index is 10.3. The average molecular weight is 700 g/mol. The molecule has 0 N–H and O–H groups in total. The van der Waals surface area contributed by atoms with Gasteiger partial charge in [0.25, 0.3) is 0 Å². The fraction of sp³-hybridized carbons (Fsp3) is 0. The van der Waals surface area contributed by atoms with Crippen molar-refractivity contribution in [1.82, 2.24) is 13.7 Å². The smallest absolute Gasteiger partial charge is 0.0998 e. The lowest BCUT2D eigenvalue weighted by Gasteiger charge is -2.15. The van der Waals surface area contributed by atoms with Crippen LogP contribution in [0.2, 0.25) is 0 Å². The zero-order chi connectivity index (χ0) is 36.6. The van der Waals surface area contributed by atoms with Crippen LogP contribution < -0.4 is 0 Å². The third-order valence-electron chi connectivity index (χ3n) is 11.1. The van der Waals surface area contributed by atoms with Gasteiger partial charge in [0.15, 0.2) is 0 Å². The Morgan fingerprint density at radius 3 is 1.51 bits per heavy atom. The van der Waals surface area contributed by atoms with Crippen LogP contribution in [-0.4, -0.2) is 13.7 Å². The number of nitrogens with zero attached hydrogens (tertiary/aromatic N) is 5. The van der Waals surface area contributed by atoms with Crippen LogP contribution in [0.4, 0.5) is 0 Å². The predicted molar refractivity (Wildman–Crippen MR) is 224 cm³/mol. The lowest BCUT2D eigenvalue weighted by atomic mass is 9.99. The largest absolute Gasteiger partial charge is 0.309 e. The molecule has 254 valence electrons. The molecule has 0 saturated carbocycles. The number of aromatic nitrogens is 3. The van der Waals surface area contributed by atoms with Gasteiger partial charge in [-0.25, -0.2) is 0 Å². The highest BCUT2D eigenvalue weighted by atomic mass is 15.1. The van der Waals surface area contributed by atoms with E-state index in [1.807, 2.05) is 42.5 Å². The molecule has 0 radical (unpaired) electrons. The Labute approximate surface area is 316 Å². The second-order valence-electron chi connectivity index (χ2n) is 14.0. The van der Waals surface area contributed by atoms with Crippen molar-refractivity contribution < 1.29 is 0 Å². The van der Waals surface area contributed by atoms with Gasteiger partial charge in [0.2, 0.25) is 0 Å². The molecular formula is C50H29N5. The molecule has 0 aliphatic heterocycles. The summed E-state index contributed by atoms with van der Waals surface area (Å²) in [4.78, 5) is 0. The zero-order valence-corrected chi connectivity index (χ0v) is 29.5. The van der Waals surface area contributed by atoms with Crippen molar-refractivity contribution >= 4 is 65.4 Å². The maximum Gasteiger partial charge on any atom is 0.0998 e. The highest BCUT2D eigenvalue weighted by Gasteiger charge is 2.20. The van der Waals surface area contributed by atoms with E-state index < -0.39 is 0 Å². The van der Waals surface area contributed by atoms with Gasteiger partial charge >= 0.3 is 0 Å². The number of hydrogen-bond donors (Lipinski definition) is 0. The van der Waals surface area contributed by atoms with E-state index in [-0.39, 0.29) is 0 Å². The Bertz CT molecular complexity index is 3400. The van der Waals surface area contributed by atoms with Crippen molar-refractivity contribution in [2.45, 2.75) is 0 Å². The summed E-state index contributed by atoms with van der Waals surface area (Å²) in [6, 6.07) is 65.9. The summed E-state index contributed by atoms with van der Waals surface area (Å²) >= 11 is 0. The van der Waals surface area contributed by atoms with Gasteiger partial charge < -0.3 is 13.7 Å². The minimum atomic E-state index is 0.598. The topological polar surface area (TPSA) is 62.4 Å². The van der Waals surface area contributed by atoms with E-state index in [1.165, 1.54) is 32.6 Å². The van der Waals surface area contributed by atoms with Crippen LogP contribution in [0.3, 0.4) is 0 Å². The zero-order valence-electron chi connectivity index (χ0n) is 29.5. The van der Waals surface area contributed by atoms with E-state index in [0.717, 1.165) is 61.0 Å². The molecule has 0 saturated heterocycles. The lowest BCUT2D eigenvalue weighted by Crippen LogP contribution is -2.00. The number of nitriles is 2. The quantitative estimate of drug-likeness (QED) is 0.184. The normalized spacial score (nSPS) is 11.6. The second kappa shape index (κ2) is 11.8. The van der Waals surface area contributed by atoms with E-state index in [0.29, 0.717) is 11.1 Å². The van der Waals surface area contributed by atoms with Crippen LogP contribution >= 0.6 is 0 Å². The molecule has 11 aromatic rings. The van der Waals surface area contributed by atoms with Crippen molar-refractivity contribution in [2.24, 2.45) is 0 Å². The minimum absolute atomic E-state index is 0.598. The van der Waals surface area contributed by atoms with Crippen LogP contribution in [-0.2, 0) is 0 Å². The number of fused-ring (bicyclic) bond motifs is 9. The van der Waals surface area contributed by atoms with Gasteiger partial charge in [-0.05, 0) is 78.4 Å². The summed E-state index contributed by atoms with van der Waals surface area (Å²) in [5.74, 6) is 0. The summed E-state index contributed by atoms with van der Waals surface area (Å²) < 4.78 is 6.97. The monoisotopic (exact) mass is 699 g/mol. The first-order valence-electron chi connectivity index (χ1n) is 18.3. The van der Waals surface area contributed by atoms with Crippen molar-refractivity contribution in [3.8, 4) is 40.3 Å². The Kier molecular flexibility index (Phi) is 6.61. The molecule has 5 nitrogen and oxygen atoms in total. The maximum absolute atomic E-state index is 10.3. The Hall–Kier alpha value is -7.86. The minimum Gasteiger partial charge on any atom is -0.309 e. The fourth-order valence-electron chi connectivity index (χ4n) is 8.75. The first-order chi connectivity index (χ1) is 27.2. The van der Waals surface area contributed by atoms with Gasteiger partial charge in [0.1, 0.15) is 0 Å². The van der Waals surface area contributed by atoms with Crippen molar-refractivity contribution in [1.29, 1.82) is 10.5 Å². The van der Waals surface area contributed by atoms with Gasteiger partial charge in [0, 0.05) is 49.3 Å². The van der Waals surface area contributed by atoms with E-state index in [1.54, 1.807) is 0 Å². The van der Waals surface area contributed by atoms with Crippen LogP contribution in [0, 0.1) is 22.7 Å². The van der Waals surface area contributed by atoms with Gasteiger partial charge in [-0.2, -0.15) is 10.5 Å². The molecule has 8 aromatic carbocycles. The lowest BCUT2D eigenvalue weighted by molar-refractivity contribution is 1.13. The van der Waals surface area contributed by atoms with Crippen LogP contribution in [0.25, 0.3) is 93.6 Å². The summed E-state index contributed by atoms with van der Waals surface area (Å²) in [6.45, 7) is 0. The molecule has 55 heavy (non-hydrogen) atoms. The van der Waals surface area contributed by atoms with Gasteiger partial charge in [-0.1, -0.05) is 103 Å². The summed E-state index contributed by atoms with van der Waals surface area (Å²) in [5.41, 5.74) is 12.7. The number of hydrogen-bond acceptors (Lipinski definition) is 2. The molecule has 0 unspecified atom stereocenters. The SMILES string of the molecule is N#Cc1ccc2c3ccccc3n(-c3ccc(C#N)c(-c4ccc(-n5c6ccccc6c6cccc(-n7c8ccccc8c8ccccc87)c65)cc4)c3)c2c1. The first-order valence-corrected chi connectivity index (χ1v) is 18.3. The second-order valence-corrected chi connectivity index (χ2v) is 14.0. The third kappa shape index (κ3) is 4.45. The predicted octanol–water partition coefficient (Wildman–Crippen LogP) is 12.4. The molecule has 0 spiro atoms. The fourth-order valence-corrected chi connectivity index (χ4v) is 8.75. The summed E-state index contributed by atoms with van der Waals surface area (Å²) in [5, 5.41) is 27.1. The van der Waals surface area contributed by atoms with Gasteiger partial charge in [0.05, 0.1) is 62.1 Å². The molecule has 0 aliphatic carbocycles.